The number of ketones is 1. The largest absolute Gasteiger partial charge is 0.504 e. The van der Waals surface area contributed by atoms with Crippen molar-refractivity contribution < 1.29 is 9.90 Å². The molecule has 3 rings (SSSR count). The summed E-state index contributed by atoms with van der Waals surface area (Å²) in [5.41, 5.74) is 2.88. The molecule has 1 heterocycles. The number of aromatic amines is 1. The smallest absolute Gasteiger partial charge is 0.214 e. The Morgan fingerprint density at radius 3 is 2.38 bits per heavy atom. The van der Waals surface area contributed by atoms with E-state index in [2.05, 4.69) is 10.2 Å². The van der Waals surface area contributed by atoms with Gasteiger partial charge in [-0.15, -0.1) is 0 Å². The summed E-state index contributed by atoms with van der Waals surface area (Å²) in [6.45, 7) is 1.98. The molecule has 0 fully saturated rings. The molecule has 4 nitrogen and oxygen atoms in total. The fourth-order valence-corrected chi connectivity index (χ4v) is 2.14. The summed E-state index contributed by atoms with van der Waals surface area (Å²) in [6.07, 6.45) is 0. The minimum Gasteiger partial charge on any atom is -0.504 e. The SMILES string of the molecule is Cc1ccc(-c2n[nH]c(C(=O)c3ccccc3)c2O)cc1. The molecule has 4 heteroatoms. The lowest BCUT2D eigenvalue weighted by Gasteiger charge is -2.00. The lowest BCUT2D eigenvalue weighted by Crippen LogP contribution is -2.01. The van der Waals surface area contributed by atoms with E-state index in [0.717, 1.165) is 11.1 Å². The summed E-state index contributed by atoms with van der Waals surface area (Å²) in [6, 6.07) is 16.4. The second-order valence-electron chi connectivity index (χ2n) is 4.86. The number of hydrogen-bond donors (Lipinski definition) is 2. The van der Waals surface area contributed by atoms with Crippen LogP contribution in [0.5, 0.6) is 5.75 Å². The molecule has 0 aliphatic heterocycles. The molecule has 0 amide bonds. The molecule has 21 heavy (non-hydrogen) atoms. The highest BCUT2D eigenvalue weighted by atomic mass is 16.3. The van der Waals surface area contributed by atoms with E-state index < -0.39 is 0 Å². The Bertz CT molecular complexity index is 774. The summed E-state index contributed by atoms with van der Waals surface area (Å²) in [4.78, 5) is 12.3. The Labute approximate surface area is 122 Å². The molecule has 0 unspecified atom stereocenters. The van der Waals surface area contributed by atoms with Gasteiger partial charge in [0.05, 0.1) is 0 Å². The zero-order chi connectivity index (χ0) is 14.8. The Morgan fingerprint density at radius 1 is 1.05 bits per heavy atom. The van der Waals surface area contributed by atoms with Gasteiger partial charge in [0.15, 0.2) is 5.75 Å². The van der Waals surface area contributed by atoms with Crippen molar-refractivity contribution in [3.63, 3.8) is 0 Å². The third-order valence-corrected chi connectivity index (χ3v) is 3.33. The van der Waals surface area contributed by atoms with Crippen molar-refractivity contribution in [2.45, 2.75) is 6.92 Å². The van der Waals surface area contributed by atoms with Gasteiger partial charge in [-0.1, -0.05) is 60.2 Å². The van der Waals surface area contributed by atoms with Crippen molar-refractivity contribution in [2.75, 3.05) is 0 Å². The predicted molar refractivity (Wildman–Crippen MR) is 80.3 cm³/mol. The molecule has 3 aromatic rings. The first-order valence-electron chi connectivity index (χ1n) is 6.61. The number of aromatic hydroxyl groups is 1. The maximum atomic E-state index is 12.3. The minimum absolute atomic E-state index is 0.108. The van der Waals surface area contributed by atoms with Gasteiger partial charge in [-0.25, -0.2) is 0 Å². The number of aromatic nitrogens is 2. The lowest BCUT2D eigenvalue weighted by molar-refractivity contribution is 0.103. The van der Waals surface area contributed by atoms with E-state index in [1.165, 1.54) is 0 Å². The van der Waals surface area contributed by atoms with E-state index in [1.807, 2.05) is 37.3 Å². The number of aryl methyl sites for hydroxylation is 1. The number of rotatable bonds is 3. The molecule has 1 aromatic heterocycles. The molecule has 0 spiro atoms. The first-order valence-corrected chi connectivity index (χ1v) is 6.61. The Hall–Kier alpha value is -2.88. The van der Waals surface area contributed by atoms with Crippen LogP contribution in [-0.2, 0) is 0 Å². The van der Waals surface area contributed by atoms with Crippen molar-refractivity contribution in [1.82, 2.24) is 10.2 Å². The van der Waals surface area contributed by atoms with Gasteiger partial charge in [0.25, 0.3) is 0 Å². The first kappa shape index (κ1) is 13.1. The van der Waals surface area contributed by atoms with Crippen LogP contribution >= 0.6 is 0 Å². The van der Waals surface area contributed by atoms with Gasteiger partial charge in [-0.3, -0.25) is 9.89 Å². The zero-order valence-electron chi connectivity index (χ0n) is 11.5. The van der Waals surface area contributed by atoms with Gasteiger partial charge < -0.3 is 5.11 Å². The topological polar surface area (TPSA) is 66.0 Å². The van der Waals surface area contributed by atoms with Crippen molar-refractivity contribution in [2.24, 2.45) is 0 Å². The number of benzene rings is 2. The van der Waals surface area contributed by atoms with E-state index in [0.29, 0.717) is 11.3 Å². The van der Waals surface area contributed by atoms with Crippen LogP contribution in [-0.4, -0.2) is 21.1 Å². The number of carbonyl (C=O) groups is 1. The maximum Gasteiger partial charge on any atom is 0.214 e. The molecular weight excluding hydrogens is 264 g/mol. The lowest BCUT2D eigenvalue weighted by atomic mass is 10.1. The van der Waals surface area contributed by atoms with Crippen LogP contribution in [0.15, 0.2) is 54.6 Å². The van der Waals surface area contributed by atoms with Crippen LogP contribution in [0.1, 0.15) is 21.6 Å². The molecule has 0 atom stereocenters. The summed E-state index contributed by atoms with van der Waals surface area (Å²) in [7, 11) is 0. The normalized spacial score (nSPS) is 10.5. The molecule has 2 N–H and O–H groups in total. The van der Waals surface area contributed by atoms with Crippen LogP contribution < -0.4 is 0 Å². The van der Waals surface area contributed by atoms with E-state index >= 15 is 0 Å². The second kappa shape index (κ2) is 5.25. The summed E-state index contributed by atoms with van der Waals surface area (Å²) >= 11 is 0. The van der Waals surface area contributed by atoms with E-state index in [-0.39, 0.29) is 17.2 Å². The quantitative estimate of drug-likeness (QED) is 0.722. The van der Waals surface area contributed by atoms with Gasteiger partial charge in [-0.05, 0) is 6.92 Å². The molecule has 104 valence electrons. The monoisotopic (exact) mass is 278 g/mol. The van der Waals surface area contributed by atoms with Crippen LogP contribution in [0.3, 0.4) is 0 Å². The fraction of sp³-hybridized carbons (Fsp3) is 0.0588. The highest BCUT2D eigenvalue weighted by molar-refractivity contribution is 6.10. The second-order valence-corrected chi connectivity index (χ2v) is 4.86. The van der Waals surface area contributed by atoms with Crippen LogP contribution in [0.4, 0.5) is 0 Å². The molecule has 0 radical (unpaired) electrons. The Morgan fingerprint density at radius 2 is 1.71 bits per heavy atom. The van der Waals surface area contributed by atoms with Gasteiger partial charge >= 0.3 is 0 Å². The van der Waals surface area contributed by atoms with Crippen molar-refractivity contribution in [1.29, 1.82) is 0 Å². The highest BCUT2D eigenvalue weighted by Crippen LogP contribution is 2.31. The van der Waals surface area contributed by atoms with E-state index in [9.17, 15) is 9.90 Å². The molecule has 2 aromatic carbocycles. The summed E-state index contributed by atoms with van der Waals surface area (Å²) < 4.78 is 0. The average Bonchev–Trinajstić information content (AvgIpc) is 2.90. The fourth-order valence-electron chi connectivity index (χ4n) is 2.14. The van der Waals surface area contributed by atoms with E-state index in [4.69, 9.17) is 0 Å². The van der Waals surface area contributed by atoms with Gasteiger partial charge in [0.2, 0.25) is 5.78 Å². The number of H-pyrrole nitrogens is 1. The van der Waals surface area contributed by atoms with Crippen LogP contribution in [0, 0.1) is 6.92 Å². The van der Waals surface area contributed by atoms with Gasteiger partial charge in [-0.2, -0.15) is 5.10 Å². The maximum absolute atomic E-state index is 12.3. The molecular formula is C17H14N2O2. The van der Waals surface area contributed by atoms with Crippen molar-refractivity contribution in [3.05, 3.63) is 71.4 Å². The third-order valence-electron chi connectivity index (χ3n) is 3.33. The number of carbonyl (C=O) groups excluding carboxylic acids is 1. The van der Waals surface area contributed by atoms with Crippen molar-refractivity contribution >= 4 is 5.78 Å². The van der Waals surface area contributed by atoms with Gasteiger partial charge in [0.1, 0.15) is 11.4 Å². The number of hydrogen-bond acceptors (Lipinski definition) is 3. The standard InChI is InChI=1S/C17H14N2O2/c1-11-7-9-12(10-8-11)14-17(21)15(19-18-14)16(20)13-5-3-2-4-6-13/h2-10,21H,1H3,(H,18,19). The van der Waals surface area contributed by atoms with Crippen molar-refractivity contribution in [3.8, 4) is 17.0 Å². The number of nitrogens with zero attached hydrogens (tertiary/aromatic N) is 1. The highest BCUT2D eigenvalue weighted by Gasteiger charge is 2.20. The molecule has 0 aliphatic carbocycles. The first-order chi connectivity index (χ1) is 10.2. The summed E-state index contributed by atoms with van der Waals surface area (Å²) in [5.74, 6) is -0.397. The molecule has 0 saturated carbocycles. The Balaban J connectivity index is 2.00. The Kier molecular flexibility index (Phi) is 3.28. The molecule has 0 saturated heterocycles. The van der Waals surface area contributed by atoms with E-state index in [1.54, 1.807) is 24.3 Å². The number of nitrogens with one attached hydrogen (secondary N) is 1. The molecule has 0 aliphatic rings. The van der Waals surface area contributed by atoms with Gasteiger partial charge in [0, 0.05) is 11.1 Å². The average molecular weight is 278 g/mol. The zero-order valence-corrected chi connectivity index (χ0v) is 11.5. The van der Waals surface area contributed by atoms with Crippen LogP contribution in [0.25, 0.3) is 11.3 Å². The summed E-state index contributed by atoms with van der Waals surface area (Å²) in [5, 5.41) is 17.0. The predicted octanol–water partition coefficient (Wildman–Crippen LogP) is 3.32. The minimum atomic E-state index is -0.279. The van der Waals surface area contributed by atoms with Crippen LogP contribution in [0.2, 0.25) is 0 Å². The molecule has 0 bridgehead atoms. The third kappa shape index (κ3) is 2.43.